The molecule has 12 heavy (non-hydrogen) atoms. The van der Waals surface area contributed by atoms with Crippen LogP contribution in [0.3, 0.4) is 0 Å². The highest BCUT2D eigenvalue weighted by Gasteiger charge is 1.90. The largest absolute Gasteiger partial charge is 0.513 e. The van der Waals surface area contributed by atoms with Crippen molar-refractivity contribution in [3.8, 4) is 0 Å². The summed E-state index contributed by atoms with van der Waals surface area (Å²) in [7, 11) is 0. The van der Waals surface area contributed by atoms with E-state index < -0.39 is 0 Å². The van der Waals surface area contributed by atoms with Crippen LogP contribution in [0.1, 0.15) is 45.4 Å². The number of unbranched alkanes of at least 4 members (excludes halogenated alkanes) is 3. The van der Waals surface area contributed by atoms with Crippen LogP contribution in [-0.2, 0) is 0 Å². The Bertz CT molecular complexity index is 136. The van der Waals surface area contributed by atoms with Crippen LogP contribution in [0, 0.1) is 0 Å². The van der Waals surface area contributed by atoms with Crippen molar-refractivity contribution in [3.05, 3.63) is 24.5 Å². The van der Waals surface area contributed by atoms with Crippen LogP contribution in [0.2, 0.25) is 0 Å². The average molecular weight is 168 g/mol. The summed E-state index contributed by atoms with van der Waals surface area (Å²) in [4.78, 5) is 0. The third-order valence-electron chi connectivity index (χ3n) is 1.79. The van der Waals surface area contributed by atoms with Crippen molar-refractivity contribution in [2.24, 2.45) is 0 Å². The van der Waals surface area contributed by atoms with Gasteiger partial charge in [0.25, 0.3) is 0 Å². The maximum atomic E-state index is 9.29. The van der Waals surface area contributed by atoms with Gasteiger partial charge < -0.3 is 5.11 Å². The second-order valence-corrected chi connectivity index (χ2v) is 3.02. The summed E-state index contributed by atoms with van der Waals surface area (Å²) >= 11 is 0. The van der Waals surface area contributed by atoms with Crippen LogP contribution < -0.4 is 0 Å². The maximum absolute atomic E-state index is 9.29. The van der Waals surface area contributed by atoms with E-state index in [2.05, 4.69) is 13.5 Å². The first-order valence-electron chi connectivity index (χ1n) is 4.80. The minimum Gasteiger partial charge on any atom is -0.513 e. The lowest BCUT2D eigenvalue weighted by molar-refractivity contribution is 0.386. The molecule has 0 spiro atoms. The van der Waals surface area contributed by atoms with Gasteiger partial charge in [0.1, 0.15) is 0 Å². The van der Waals surface area contributed by atoms with Crippen LogP contribution in [0.5, 0.6) is 0 Å². The number of aliphatic hydroxyl groups is 1. The van der Waals surface area contributed by atoms with Crippen LogP contribution in [-0.4, -0.2) is 5.11 Å². The Balaban J connectivity index is 3.34. The summed E-state index contributed by atoms with van der Waals surface area (Å²) in [5.74, 6) is 0.519. The molecule has 0 aromatic rings. The smallest absolute Gasteiger partial charge is 0.0885 e. The Hall–Kier alpha value is -0.720. The van der Waals surface area contributed by atoms with Crippen molar-refractivity contribution in [1.29, 1.82) is 0 Å². The van der Waals surface area contributed by atoms with Gasteiger partial charge in [0.05, 0.1) is 5.76 Å². The molecular weight excluding hydrogens is 148 g/mol. The summed E-state index contributed by atoms with van der Waals surface area (Å²) in [6.07, 6.45) is 10.1. The lowest BCUT2D eigenvalue weighted by Gasteiger charge is -1.96. The van der Waals surface area contributed by atoms with Crippen LogP contribution >= 0.6 is 0 Å². The molecule has 0 rings (SSSR count). The van der Waals surface area contributed by atoms with Gasteiger partial charge >= 0.3 is 0 Å². The Morgan fingerprint density at radius 3 is 2.67 bits per heavy atom. The van der Waals surface area contributed by atoms with Crippen molar-refractivity contribution < 1.29 is 5.11 Å². The number of hydrogen-bond donors (Lipinski definition) is 1. The molecule has 0 aliphatic rings. The third kappa shape index (κ3) is 7.39. The Kier molecular flexibility index (Phi) is 7.87. The van der Waals surface area contributed by atoms with Gasteiger partial charge in [0.15, 0.2) is 0 Å². The average Bonchev–Trinajstić information content (AvgIpc) is 2.09. The summed E-state index contributed by atoms with van der Waals surface area (Å²) in [5, 5.41) is 9.29. The molecule has 1 nitrogen and oxygen atoms in total. The minimum absolute atomic E-state index is 0.519. The molecule has 0 saturated heterocycles. The molecule has 1 heteroatoms. The predicted octanol–water partition coefficient (Wildman–Crippen LogP) is 3.97. The summed E-state index contributed by atoms with van der Waals surface area (Å²) in [6.45, 7) is 5.79. The second kappa shape index (κ2) is 8.38. The molecule has 0 unspecified atom stereocenters. The molecule has 0 radical (unpaired) electrons. The van der Waals surface area contributed by atoms with Crippen molar-refractivity contribution in [1.82, 2.24) is 0 Å². The predicted molar refractivity (Wildman–Crippen MR) is 54.3 cm³/mol. The van der Waals surface area contributed by atoms with E-state index >= 15 is 0 Å². The topological polar surface area (TPSA) is 20.2 Å². The third-order valence-corrected chi connectivity index (χ3v) is 1.79. The lowest BCUT2D eigenvalue weighted by Crippen LogP contribution is -1.81. The maximum Gasteiger partial charge on any atom is 0.0885 e. The Morgan fingerprint density at radius 2 is 2.08 bits per heavy atom. The molecule has 0 aromatic heterocycles. The Morgan fingerprint density at radius 1 is 1.33 bits per heavy atom. The fraction of sp³-hybridized carbons (Fsp3) is 0.636. The fourth-order valence-corrected chi connectivity index (χ4v) is 1.02. The normalized spacial score (nSPS) is 11.6. The minimum atomic E-state index is 0.519. The Labute approximate surface area is 75.8 Å². The van der Waals surface area contributed by atoms with E-state index in [1.165, 1.54) is 19.3 Å². The zero-order valence-electron chi connectivity index (χ0n) is 8.05. The number of hydrogen-bond acceptors (Lipinski definition) is 1. The van der Waals surface area contributed by atoms with Gasteiger partial charge in [-0.2, -0.15) is 0 Å². The van der Waals surface area contributed by atoms with Gasteiger partial charge in [0.2, 0.25) is 0 Å². The molecule has 0 fully saturated rings. The lowest BCUT2D eigenvalue weighted by atomic mass is 10.1. The molecule has 70 valence electrons. The van der Waals surface area contributed by atoms with Crippen molar-refractivity contribution in [2.75, 3.05) is 0 Å². The highest BCUT2D eigenvalue weighted by molar-refractivity contribution is 4.92. The molecule has 0 aliphatic carbocycles. The highest BCUT2D eigenvalue weighted by Crippen LogP contribution is 2.06. The van der Waals surface area contributed by atoms with E-state index in [1.54, 1.807) is 0 Å². The molecule has 0 saturated carbocycles. The van der Waals surface area contributed by atoms with Gasteiger partial charge in [-0.05, 0) is 25.3 Å². The van der Waals surface area contributed by atoms with Gasteiger partial charge in [-0.3, -0.25) is 0 Å². The summed E-state index contributed by atoms with van der Waals surface area (Å²) < 4.78 is 0. The number of rotatable bonds is 7. The molecule has 0 atom stereocenters. The fourth-order valence-electron chi connectivity index (χ4n) is 1.02. The van der Waals surface area contributed by atoms with Gasteiger partial charge in [0, 0.05) is 6.42 Å². The van der Waals surface area contributed by atoms with Crippen molar-refractivity contribution in [2.45, 2.75) is 45.4 Å². The van der Waals surface area contributed by atoms with Crippen LogP contribution in [0.4, 0.5) is 0 Å². The van der Waals surface area contributed by atoms with Crippen molar-refractivity contribution >= 4 is 0 Å². The number of allylic oxidation sites excluding steroid dienone is 3. The zero-order chi connectivity index (χ0) is 9.23. The van der Waals surface area contributed by atoms with E-state index in [1.807, 2.05) is 12.2 Å². The first kappa shape index (κ1) is 11.3. The van der Waals surface area contributed by atoms with Gasteiger partial charge in [-0.25, -0.2) is 0 Å². The zero-order valence-corrected chi connectivity index (χ0v) is 8.05. The molecular formula is C11H20O. The molecule has 0 amide bonds. The second-order valence-electron chi connectivity index (χ2n) is 3.02. The molecule has 0 aliphatic heterocycles. The van der Waals surface area contributed by atoms with E-state index in [0.717, 1.165) is 19.3 Å². The monoisotopic (exact) mass is 168 g/mol. The quantitative estimate of drug-likeness (QED) is 0.346. The SMILES string of the molecule is C=CCC/C(O)=C/CCCCC. The first-order chi connectivity index (χ1) is 5.81. The van der Waals surface area contributed by atoms with E-state index in [-0.39, 0.29) is 0 Å². The van der Waals surface area contributed by atoms with Gasteiger partial charge in [-0.15, -0.1) is 6.58 Å². The molecule has 0 aromatic carbocycles. The molecule has 1 N–H and O–H groups in total. The number of aliphatic hydroxyl groups excluding tert-OH is 1. The molecule has 0 heterocycles. The van der Waals surface area contributed by atoms with Crippen molar-refractivity contribution in [3.63, 3.8) is 0 Å². The first-order valence-corrected chi connectivity index (χ1v) is 4.80. The van der Waals surface area contributed by atoms with Gasteiger partial charge in [-0.1, -0.05) is 25.8 Å². The van der Waals surface area contributed by atoms with Crippen LogP contribution in [0.25, 0.3) is 0 Å². The standard InChI is InChI=1S/C11H20O/c1-3-5-7-8-10-11(12)9-6-4-2/h4,10,12H,2-3,5-9H2,1H3/b11-10-. The summed E-state index contributed by atoms with van der Waals surface area (Å²) in [6, 6.07) is 0. The van der Waals surface area contributed by atoms with E-state index in [9.17, 15) is 5.11 Å². The van der Waals surface area contributed by atoms with E-state index in [4.69, 9.17) is 0 Å². The highest BCUT2D eigenvalue weighted by atomic mass is 16.3. The van der Waals surface area contributed by atoms with E-state index in [0.29, 0.717) is 5.76 Å². The summed E-state index contributed by atoms with van der Waals surface area (Å²) in [5.41, 5.74) is 0. The van der Waals surface area contributed by atoms with Crippen LogP contribution in [0.15, 0.2) is 24.5 Å². The molecule has 0 bridgehead atoms.